The van der Waals surface area contributed by atoms with Crippen molar-refractivity contribution in [1.29, 1.82) is 0 Å². The van der Waals surface area contributed by atoms with E-state index in [0.29, 0.717) is 0 Å². The monoisotopic (exact) mass is 428 g/mol. The Balaban J connectivity index is 5.78. The van der Waals surface area contributed by atoms with Crippen LogP contribution in [0.4, 0.5) is 0 Å². The summed E-state index contributed by atoms with van der Waals surface area (Å²) in [4.78, 5) is 70.7. The van der Waals surface area contributed by atoms with Crippen molar-refractivity contribution < 1.29 is 52.5 Å². The van der Waals surface area contributed by atoms with Gasteiger partial charge in [-0.2, -0.15) is 0 Å². The highest BCUT2D eigenvalue weighted by Gasteiger charge is 2.25. The van der Waals surface area contributed by atoms with E-state index in [1.54, 1.807) is 0 Å². The first-order valence-corrected chi connectivity index (χ1v) is 8.46. The number of esters is 4. The van der Waals surface area contributed by atoms with Gasteiger partial charge in [-0.3, -0.25) is 19.2 Å². The van der Waals surface area contributed by atoms with Crippen LogP contribution in [-0.2, 0) is 52.5 Å². The molecule has 0 aromatic rings. The van der Waals surface area contributed by atoms with E-state index in [1.807, 2.05) is 0 Å². The Hall–Kier alpha value is -3.34. The highest BCUT2D eigenvalue weighted by molar-refractivity contribution is 6.21. The minimum atomic E-state index is -1.01. The molecule has 0 fully saturated rings. The highest BCUT2D eigenvalue weighted by atomic mass is 16.5. The molecule has 11 heteroatoms. The van der Waals surface area contributed by atoms with Crippen LogP contribution in [0.5, 0.6) is 0 Å². The number of carbonyl (C=O) groups excluding carboxylic acids is 6. The third-order valence-corrected chi connectivity index (χ3v) is 3.69. The van der Waals surface area contributed by atoms with Gasteiger partial charge in [0, 0.05) is 7.11 Å². The fourth-order valence-corrected chi connectivity index (χ4v) is 2.05. The van der Waals surface area contributed by atoms with E-state index in [4.69, 9.17) is 4.74 Å². The minimum Gasteiger partial charge on any atom is -0.469 e. The summed E-state index contributed by atoms with van der Waals surface area (Å²) in [5, 5.41) is 0. The van der Waals surface area contributed by atoms with Gasteiger partial charge in [0.25, 0.3) is 0 Å². The lowest BCUT2D eigenvalue weighted by Gasteiger charge is -2.12. The van der Waals surface area contributed by atoms with Crippen LogP contribution in [-0.4, -0.2) is 77.1 Å². The van der Waals surface area contributed by atoms with E-state index in [2.05, 4.69) is 18.9 Å². The third kappa shape index (κ3) is 8.78. The number of hydrogen-bond donors (Lipinski definition) is 0. The molecule has 30 heavy (non-hydrogen) atoms. The smallest absolute Gasteiger partial charge is 0.341 e. The molecular formula is C19H24O11. The fourth-order valence-electron chi connectivity index (χ4n) is 2.05. The molecule has 0 N–H and O–H groups in total. The first kappa shape index (κ1) is 26.7. The molecule has 0 saturated heterocycles. The van der Waals surface area contributed by atoms with Crippen molar-refractivity contribution in [3.05, 3.63) is 23.3 Å². The van der Waals surface area contributed by atoms with Crippen LogP contribution < -0.4 is 0 Å². The lowest BCUT2D eigenvalue weighted by Crippen LogP contribution is -2.22. The zero-order chi connectivity index (χ0) is 23.3. The Kier molecular flexibility index (Phi) is 12.2. The minimum absolute atomic E-state index is 0.153. The van der Waals surface area contributed by atoms with Crippen molar-refractivity contribution in [2.24, 2.45) is 0 Å². The first-order valence-electron chi connectivity index (χ1n) is 8.46. The van der Waals surface area contributed by atoms with Crippen LogP contribution in [0, 0.1) is 0 Å². The lowest BCUT2D eigenvalue weighted by molar-refractivity contribution is -0.145. The van der Waals surface area contributed by atoms with Crippen LogP contribution in [0.15, 0.2) is 23.3 Å². The van der Waals surface area contributed by atoms with Crippen LogP contribution in [0.2, 0.25) is 0 Å². The predicted molar refractivity (Wildman–Crippen MR) is 98.9 cm³/mol. The van der Waals surface area contributed by atoms with Crippen LogP contribution in [0.25, 0.3) is 0 Å². The van der Waals surface area contributed by atoms with Crippen molar-refractivity contribution in [2.45, 2.75) is 25.4 Å². The maximum atomic E-state index is 12.2. The summed E-state index contributed by atoms with van der Waals surface area (Å²) in [7, 11) is 5.52. The van der Waals surface area contributed by atoms with Crippen LogP contribution in [0.1, 0.15) is 19.3 Å². The van der Waals surface area contributed by atoms with Crippen molar-refractivity contribution in [1.82, 2.24) is 0 Å². The Morgan fingerprint density at radius 3 is 1.50 bits per heavy atom. The second-order valence-corrected chi connectivity index (χ2v) is 5.54. The maximum Gasteiger partial charge on any atom is 0.341 e. The van der Waals surface area contributed by atoms with Gasteiger partial charge in [-0.15, -0.1) is 0 Å². The van der Waals surface area contributed by atoms with Crippen molar-refractivity contribution in [3.63, 3.8) is 0 Å². The SMILES string of the molecule is COC(=O)CC(=O)/C(=C/CC(/C=C(\C(=O)CC(=O)OC)C(=O)OC)OC)C(=O)OC. The quantitative estimate of drug-likeness (QED) is 0.134. The van der Waals surface area contributed by atoms with E-state index in [1.165, 1.54) is 7.11 Å². The molecule has 0 spiro atoms. The summed E-state index contributed by atoms with van der Waals surface area (Å²) in [5.74, 6) is -5.41. The fraction of sp³-hybridized carbons (Fsp3) is 0.474. The second kappa shape index (κ2) is 13.8. The Morgan fingerprint density at radius 2 is 1.10 bits per heavy atom. The second-order valence-electron chi connectivity index (χ2n) is 5.54. The van der Waals surface area contributed by atoms with Crippen LogP contribution >= 0.6 is 0 Å². The number of Topliss-reactive ketones (excluding diaryl/α,β-unsaturated/α-hetero) is 2. The number of methoxy groups -OCH3 is 5. The third-order valence-electron chi connectivity index (χ3n) is 3.69. The molecule has 0 bridgehead atoms. The molecule has 0 aliphatic rings. The average molecular weight is 428 g/mol. The summed E-state index contributed by atoms with van der Waals surface area (Å²) < 4.78 is 23.0. The normalized spacial score (nSPS) is 12.4. The predicted octanol–water partition coefficient (Wildman–Crippen LogP) is -0.145. The Morgan fingerprint density at radius 1 is 0.667 bits per heavy atom. The van der Waals surface area contributed by atoms with Gasteiger partial charge in [0.2, 0.25) is 0 Å². The first-order chi connectivity index (χ1) is 14.1. The Labute approximate surface area is 172 Å². The molecule has 0 aromatic heterocycles. The Bertz CT molecular complexity index is 746. The summed E-state index contributed by atoms with van der Waals surface area (Å²) in [5.41, 5.74) is -0.900. The molecule has 166 valence electrons. The summed E-state index contributed by atoms with van der Waals surface area (Å²) in [6.45, 7) is 0. The topological polar surface area (TPSA) is 149 Å². The number of carbonyl (C=O) groups is 6. The van der Waals surface area contributed by atoms with Crippen molar-refractivity contribution >= 4 is 35.4 Å². The largest absolute Gasteiger partial charge is 0.469 e. The van der Waals surface area contributed by atoms with E-state index >= 15 is 0 Å². The van der Waals surface area contributed by atoms with Crippen molar-refractivity contribution in [2.75, 3.05) is 35.5 Å². The number of ketones is 2. The molecule has 1 unspecified atom stereocenters. The van der Waals surface area contributed by atoms with Gasteiger partial charge in [-0.05, 0) is 12.5 Å². The molecule has 0 amide bonds. The molecule has 0 aliphatic heterocycles. The van der Waals surface area contributed by atoms with Gasteiger partial charge >= 0.3 is 23.9 Å². The summed E-state index contributed by atoms with van der Waals surface area (Å²) >= 11 is 0. The van der Waals surface area contributed by atoms with E-state index in [9.17, 15) is 28.8 Å². The van der Waals surface area contributed by atoms with E-state index in [-0.39, 0.29) is 6.42 Å². The number of hydrogen-bond acceptors (Lipinski definition) is 11. The molecule has 0 rings (SSSR count). The van der Waals surface area contributed by atoms with Gasteiger partial charge < -0.3 is 23.7 Å². The molecule has 0 heterocycles. The zero-order valence-electron chi connectivity index (χ0n) is 17.3. The molecule has 11 nitrogen and oxygen atoms in total. The highest BCUT2D eigenvalue weighted by Crippen LogP contribution is 2.13. The molecule has 0 aliphatic carbocycles. The van der Waals surface area contributed by atoms with Gasteiger partial charge in [0.05, 0.1) is 40.1 Å². The molecule has 0 saturated carbocycles. The number of rotatable bonds is 12. The summed E-state index contributed by atoms with van der Waals surface area (Å²) in [6, 6.07) is 0. The standard InChI is InChI=1S/C19H24O11/c1-26-11(8-13(19(25)30-5)15(21)10-17(23)28-3)6-7-12(18(24)29-4)14(20)9-16(22)27-2/h7-8,11H,6,9-10H2,1-5H3/b12-7-,13-8+. The van der Waals surface area contributed by atoms with E-state index in [0.717, 1.165) is 40.6 Å². The van der Waals surface area contributed by atoms with Gasteiger partial charge in [-0.1, -0.05) is 6.08 Å². The van der Waals surface area contributed by atoms with Gasteiger partial charge in [0.15, 0.2) is 11.6 Å². The average Bonchev–Trinajstić information content (AvgIpc) is 2.74. The maximum absolute atomic E-state index is 12.2. The molecule has 1 atom stereocenters. The van der Waals surface area contributed by atoms with Gasteiger partial charge in [-0.25, -0.2) is 9.59 Å². The molecule has 0 radical (unpaired) electrons. The number of ether oxygens (including phenoxy) is 5. The lowest BCUT2D eigenvalue weighted by atomic mass is 10.0. The molecule has 0 aromatic carbocycles. The molecular weight excluding hydrogens is 404 g/mol. The zero-order valence-corrected chi connectivity index (χ0v) is 17.3. The summed E-state index contributed by atoms with van der Waals surface area (Å²) in [6.07, 6.45) is -0.273. The van der Waals surface area contributed by atoms with Crippen molar-refractivity contribution in [3.8, 4) is 0 Å². The van der Waals surface area contributed by atoms with E-state index < -0.39 is 65.5 Å². The van der Waals surface area contributed by atoms with Gasteiger partial charge in [0.1, 0.15) is 18.4 Å². The van der Waals surface area contributed by atoms with Crippen LogP contribution in [0.3, 0.4) is 0 Å².